The smallest absolute Gasteiger partial charge is 0.310 e. The first kappa shape index (κ1) is 14.5. The number of carbonyl (C=O) groups excluding carboxylic acids is 2. The fourth-order valence-corrected chi connectivity index (χ4v) is 2.42. The fraction of sp³-hybridized carbons (Fsp3) is 0.533. The number of aromatic nitrogens is 1. The molecule has 5 heteroatoms. The van der Waals surface area contributed by atoms with E-state index in [9.17, 15) is 9.59 Å². The van der Waals surface area contributed by atoms with Gasteiger partial charge in [0.25, 0.3) is 0 Å². The van der Waals surface area contributed by atoms with Crippen LogP contribution in [0.4, 0.5) is 5.82 Å². The summed E-state index contributed by atoms with van der Waals surface area (Å²) in [5.74, 6) is 0.603. The average Bonchev–Trinajstić information content (AvgIpc) is 2.48. The highest BCUT2D eigenvalue weighted by Crippen LogP contribution is 2.22. The average molecular weight is 276 g/mol. The summed E-state index contributed by atoms with van der Waals surface area (Å²) in [6.07, 6.45) is 3.39. The molecule has 1 atom stereocenters. The van der Waals surface area contributed by atoms with E-state index in [2.05, 4.69) is 9.88 Å². The van der Waals surface area contributed by atoms with Gasteiger partial charge in [-0.2, -0.15) is 0 Å². The number of pyridine rings is 1. The van der Waals surface area contributed by atoms with E-state index >= 15 is 0 Å². The first-order valence-electron chi connectivity index (χ1n) is 7.00. The second-order valence-electron chi connectivity index (χ2n) is 5.00. The number of nitrogens with zero attached hydrogens (tertiary/aromatic N) is 2. The highest BCUT2D eigenvalue weighted by molar-refractivity contribution is 5.93. The molecule has 0 amide bonds. The summed E-state index contributed by atoms with van der Waals surface area (Å²) >= 11 is 0. The number of Topliss-reactive ketones (excluding diaryl/α,β-unsaturated/α-hetero) is 1. The third kappa shape index (κ3) is 3.35. The van der Waals surface area contributed by atoms with E-state index in [-0.39, 0.29) is 17.7 Å². The zero-order valence-corrected chi connectivity index (χ0v) is 12.0. The highest BCUT2D eigenvalue weighted by atomic mass is 16.5. The largest absolute Gasteiger partial charge is 0.466 e. The van der Waals surface area contributed by atoms with Gasteiger partial charge in [-0.3, -0.25) is 9.59 Å². The van der Waals surface area contributed by atoms with Gasteiger partial charge in [0.2, 0.25) is 0 Å². The number of piperidine rings is 1. The minimum Gasteiger partial charge on any atom is -0.466 e. The van der Waals surface area contributed by atoms with Crippen LogP contribution < -0.4 is 4.90 Å². The minimum absolute atomic E-state index is 0.00657. The molecule has 0 spiro atoms. The van der Waals surface area contributed by atoms with Crippen LogP contribution in [0, 0.1) is 5.92 Å². The molecule has 1 aliphatic heterocycles. The Morgan fingerprint density at radius 1 is 1.45 bits per heavy atom. The lowest BCUT2D eigenvalue weighted by atomic mass is 9.98. The second kappa shape index (κ2) is 6.50. The van der Waals surface area contributed by atoms with E-state index in [0.717, 1.165) is 25.2 Å². The molecular formula is C15H20N2O3. The van der Waals surface area contributed by atoms with Gasteiger partial charge in [0.15, 0.2) is 5.78 Å². The Balaban J connectivity index is 2.04. The van der Waals surface area contributed by atoms with Crippen molar-refractivity contribution in [1.82, 2.24) is 4.98 Å². The summed E-state index contributed by atoms with van der Waals surface area (Å²) in [5.41, 5.74) is 0.604. The van der Waals surface area contributed by atoms with Crippen LogP contribution in [0.3, 0.4) is 0 Å². The van der Waals surface area contributed by atoms with Gasteiger partial charge >= 0.3 is 5.97 Å². The molecular weight excluding hydrogens is 256 g/mol. The van der Waals surface area contributed by atoms with Crippen LogP contribution in [0.1, 0.15) is 37.0 Å². The summed E-state index contributed by atoms with van der Waals surface area (Å²) in [5, 5.41) is 0. The first-order chi connectivity index (χ1) is 9.61. The third-order valence-corrected chi connectivity index (χ3v) is 3.52. The van der Waals surface area contributed by atoms with E-state index in [1.54, 1.807) is 12.3 Å². The monoisotopic (exact) mass is 276 g/mol. The van der Waals surface area contributed by atoms with Gasteiger partial charge in [0, 0.05) is 24.8 Å². The Hall–Kier alpha value is -1.91. The molecule has 1 saturated heterocycles. The lowest BCUT2D eigenvalue weighted by molar-refractivity contribution is -0.148. The predicted octanol–water partition coefficient (Wildman–Crippen LogP) is 2.06. The molecule has 0 aliphatic carbocycles. The Kier molecular flexibility index (Phi) is 4.71. The molecule has 1 fully saturated rings. The topological polar surface area (TPSA) is 59.5 Å². The quantitative estimate of drug-likeness (QED) is 0.622. The van der Waals surface area contributed by atoms with Gasteiger partial charge in [0.1, 0.15) is 5.82 Å². The maximum Gasteiger partial charge on any atom is 0.310 e. The molecule has 20 heavy (non-hydrogen) atoms. The number of anilines is 1. The number of rotatable bonds is 4. The van der Waals surface area contributed by atoms with Crippen LogP contribution in [0.2, 0.25) is 0 Å². The highest BCUT2D eigenvalue weighted by Gasteiger charge is 2.27. The summed E-state index contributed by atoms with van der Waals surface area (Å²) in [6.45, 7) is 5.27. The van der Waals surface area contributed by atoms with E-state index in [4.69, 9.17) is 4.74 Å². The van der Waals surface area contributed by atoms with Crippen molar-refractivity contribution in [1.29, 1.82) is 0 Å². The molecule has 1 aliphatic rings. The Morgan fingerprint density at radius 3 is 2.85 bits per heavy atom. The minimum atomic E-state index is -0.127. The lowest BCUT2D eigenvalue weighted by Crippen LogP contribution is -2.39. The predicted molar refractivity (Wildman–Crippen MR) is 75.8 cm³/mol. The summed E-state index contributed by atoms with van der Waals surface area (Å²) in [7, 11) is 0. The molecule has 0 radical (unpaired) electrons. The molecule has 1 aromatic heterocycles. The van der Waals surface area contributed by atoms with Crippen molar-refractivity contribution in [2.45, 2.75) is 26.7 Å². The van der Waals surface area contributed by atoms with Gasteiger partial charge < -0.3 is 9.64 Å². The molecule has 5 nitrogen and oxygen atoms in total. The standard InChI is InChI=1S/C15H20N2O3/c1-3-20-15(19)13-5-4-8-17(10-13)14-7-6-12(9-16-14)11(2)18/h6-7,9,13H,3-5,8,10H2,1-2H3. The van der Waals surface area contributed by atoms with Crippen molar-refractivity contribution < 1.29 is 14.3 Å². The number of esters is 1. The molecule has 0 N–H and O–H groups in total. The van der Waals surface area contributed by atoms with Crippen molar-refractivity contribution in [3.8, 4) is 0 Å². The van der Waals surface area contributed by atoms with Crippen molar-refractivity contribution in [2.24, 2.45) is 5.92 Å². The SMILES string of the molecule is CCOC(=O)C1CCCN(c2ccc(C(C)=O)cn2)C1. The summed E-state index contributed by atoms with van der Waals surface area (Å²) in [6, 6.07) is 3.61. The van der Waals surface area contributed by atoms with Gasteiger partial charge in [0.05, 0.1) is 12.5 Å². The molecule has 2 rings (SSSR count). The Morgan fingerprint density at radius 2 is 2.25 bits per heavy atom. The maximum absolute atomic E-state index is 11.8. The number of hydrogen-bond acceptors (Lipinski definition) is 5. The molecule has 1 unspecified atom stereocenters. The molecule has 108 valence electrons. The maximum atomic E-state index is 11.8. The van der Waals surface area contributed by atoms with E-state index in [0.29, 0.717) is 18.7 Å². The number of carbonyl (C=O) groups is 2. The van der Waals surface area contributed by atoms with Crippen LogP contribution in [0.25, 0.3) is 0 Å². The molecule has 1 aromatic rings. The summed E-state index contributed by atoms with van der Waals surface area (Å²) < 4.78 is 5.09. The Bertz CT molecular complexity index is 484. The molecule has 0 bridgehead atoms. The second-order valence-corrected chi connectivity index (χ2v) is 5.00. The van der Waals surface area contributed by atoms with Crippen molar-refractivity contribution in [3.05, 3.63) is 23.9 Å². The first-order valence-corrected chi connectivity index (χ1v) is 7.00. The zero-order valence-electron chi connectivity index (χ0n) is 12.0. The molecule has 2 heterocycles. The van der Waals surface area contributed by atoms with Gasteiger partial charge in [-0.15, -0.1) is 0 Å². The van der Waals surface area contributed by atoms with Gasteiger partial charge in [-0.1, -0.05) is 0 Å². The van der Waals surface area contributed by atoms with Crippen molar-refractivity contribution in [3.63, 3.8) is 0 Å². The van der Waals surface area contributed by atoms with Gasteiger partial charge in [-0.05, 0) is 38.8 Å². The number of hydrogen-bond donors (Lipinski definition) is 0. The zero-order chi connectivity index (χ0) is 14.5. The van der Waals surface area contributed by atoms with Crippen LogP contribution in [-0.2, 0) is 9.53 Å². The van der Waals surface area contributed by atoms with Crippen molar-refractivity contribution >= 4 is 17.6 Å². The number of ketones is 1. The molecule has 0 saturated carbocycles. The normalized spacial score (nSPS) is 18.7. The number of ether oxygens (including phenoxy) is 1. The van der Waals surface area contributed by atoms with E-state index in [1.165, 1.54) is 6.92 Å². The fourth-order valence-electron chi connectivity index (χ4n) is 2.42. The van der Waals surface area contributed by atoms with Crippen molar-refractivity contribution in [2.75, 3.05) is 24.6 Å². The summed E-state index contributed by atoms with van der Waals surface area (Å²) in [4.78, 5) is 29.4. The Labute approximate surface area is 118 Å². The van der Waals surface area contributed by atoms with Crippen LogP contribution in [0.5, 0.6) is 0 Å². The van der Waals surface area contributed by atoms with Crippen LogP contribution >= 0.6 is 0 Å². The third-order valence-electron chi connectivity index (χ3n) is 3.52. The van der Waals surface area contributed by atoms with E-state index < -0.39 is 0 Å². The lowest BCUT2D eigenvalue weighted by Gasteiger charge is -2.32. The van der Waals surface area contributed by atoms with Gasteiger partial charge in [-0.25, -0.2) is 4.98 Å². The van der Waals surface area contributed by atoms with Crippen LogP contribution in [-0.4, -0.2) is 36.4 Å². The van der Waals surface area contributed by atoms with Crippen LogP contribution in [0.15, 0.2) is 18.3 Å². The molecule has 0 aromatic carbocycles. The van der Waals surface area contributed by atoms with E-state index in [1.807, 2.05) is 13.0 Å².